The van der Waals surface area contributed by atoms with E-state index in [9.17, 15) is 4.79 Å². The van der Waals surface area contributed by atoms with Crippen molar-refractivity contribution in [3.8, 4) is 0 Å². The van der Waals surface area contributed by atoms with Crippen LogP contribution in [0.5, 0.6) is 0 Å². The summed E-state index contributed by atoms with van der Waals surface area (Å²) in [7, 11) is 0. The summed E-state index contributed by atoms with van der Waals surface area (Å²) < 4.78 is 6.11. The maximum Gasteiger partial charge on any atom is 0.226 e. The molecule has 23 heavy (non-hydrogen) atoms. The highest BCUT2D eigenvalue weighted by molar-refractivity contribution is 5.80. The van der Waals surface area contributed by atoms with Crippen molar-refractivity contribution in [1.82, 2.24) is 14.9 Å². The molecule has 3 heterocycles. The Morgan fingerprint density at radius 2 is 2.22 bits per heavy atom. The number of amides is 1. The van der Waals surface area contributed by atoms with Crippen molar-refractivity contribution in [3.05, 3.63) is 30.7 Å². The summed E-state index contributed by atoms with van der Waals surface area (Å²) in [4.78, 5) is 22.9. The van der Waals surface area contributed by atoms with Gasteiger partial charge in [0.1, 0.15) is 5.82 Å². The number of likely N-dealkylation sites (tertiary alicyclic amines) is 1. The molecule has 1 aromatic rings. The molecule has 1 amide bonds. The van der Waals surface area contributed by atoms with Gasteiger partial charge in [0, 0.05) is 37.8 Å². The molecule has 2 saturated heterocycles. The Kier molecular flexibility index (Phi) is 3.77. The van der Waals surface area contributed by atoms with E-state index in [4.69, 9.17) is 4.74 Å². The lowest BCUT2D eigenvalue weighted by atomic mass is 9.97. The highest BCUT2D eigenvalue weighted by atomic mass is 16.5. The number of carbonyl (C=O) groups excluding carboxylic acids is 1. The van der Waals surface area contributed by atoms with E-state index in [0.29, 0.717) is 12.5 Å². The van der Waals surface area contributed by atoms with Crippen molar-refractivity contribution in [1.29, 1.82) is 0 Å². The van der Waals surface area contributed by atoms with Crippen LogP contribution in [-0.2, 0) is 9.53 Å². The second kappa shape index (κ2) is 5.92. The predicted octanol–water partition coefficient (Wildman–Crippen LogP) is 1.61. The van der Waals surface area contributed by atoms with Crippen molar-refractivity contribution in [2.75, 3.05) is 25.0 Å². The fraction of sp³-hybridized carbons (Fsp3) is 0.588. The Balaban J connectivity index is 1.35. The molecule has 6 nitrogen and oxygen atoms in total. The van der Waals surface area contributed by atoms with Crippen molar-refractivity contribution in [3.63, 3.8) is 0 Å². The first-order valence-corrected chi connectivity index (χ1v) is 8.34. The van der Waals surface area contributed by atoms with Gasteiger partial charge < -0.3 is 15.0 Å². The molecular weight excluding hydrogens is 292 g/mol. The minimum Gasteiger partial charge on any atom is -0.371 e. The van der Waals surface area contributed by atoms with Crippen molar-refractivity contribution in [2.24, 2.45) is 5.92 Å². The predicted molar refractivity (Wildman–Crippen MR) is 85.8 cm³/mol. The van der Waals surface area contributed by atoms with E-state index >= 15 is 0 Å². The number of carbonyl (C=O) groups is 1. The topological polar surface area (TPSA) is 67.4 Å². The Morgan fingerprint density at radius 3 is 3.00 bits per heavy atom. The Labute approximate surface area is 135 Å². The monoisotopic (exact) mass is 314 g/mol. The first-order valence-electron chi connectivity index (χ1n) is 8.34. The molecule has 1 spiro atoms. The summed E-state index contributed by atoms with van der Waals surface area (Å²) >= 11 is 0. The molecule has 1 N–H and O–H groups in total. The van der Waals surface area contributed by atoms with Gasteiger partial charge in [0.2, 0.25) is 5.91 Å². The molecule has 0 bridgehead atoms. The van der Waals surface area contributed by atoms with Gasteiger partial charge >= 0.3 is 0 Å². The zero-order chi connectivity index (χ0) is 15.7. The Hall–Kier alpha value is -1.95. The summed E-state index contributed by atoms with van der Waals surface area (Å²) in [6, 6.07) is 0.231. The van der Waals surface area contributed by atoms with Gasteiger partial charge in [-0.2, -0.15) is 0 Å². The summed E-state index contributed by atoms with van der Waals surface area (Å²) in [5.74, 6) is 1.22. The van der Waals surface area contributed by atoms with Crippen LogP contribution in [0.4, 0.5) is 5.82 Å². The van der Waals surface area contributed by atoms with Crippen LogP contribution in [0.15, 0.2) is 30.7 Å². The summed E-state index contributed by atoms with van der Waals surface area (Å²) in [5.41, 5.74) is -0.179. The smallest absolute Gasteiger partial charge is 0.226 e. The van der Waals surface area contributed by atoms with Crippen LogP contribution < -0.4 is 5.32 Å². The molecule has 6 heteroatoms. The van der Waals surface area contributed by atoms with Gasteiger partial charge in [0.25, 0.3) is 0 Å². The van der Waals surface area contributed by atoms with Crippen LogP contribution >= 0.6 is 0 Å². The van der Waals surface area contributed by atoms with Gasteiger partial charge in [-0.25, -0.2) is 4.98 Å². The maximum atomic E-state index is 12.6. The van der Waals surface area contributed by atoms with E-state index < -0.39 is 0 Å². The first kappa shape index (κ1) is 14.6. The number of nitrogens with one attached hydrogen (secondary N) is 1. The van der Waals surface area contributed by atoms with Gasteiger partial charge in [0.15, 0.2) is 0 Å². The molecular formula is C17H22N4O2. The zero-order valence-corrected chi connectivity index (χ0v) is 13.1. The molecule has 2 atom stereocenters. The summed E-state index contributed by atoms with van der Waals surface area (Å²) in [6.45, 7) is 2.19. The molecule has 122 valence electrons. The number of anilines is 1. The van der Waals surface area contributed by atoms with E-state index in [0.717, 1.165) is 44.6 Å². The quantitative estimate of drug-likeness (QED) is 0.859. The number of hydrogen-bond donors (Lipinski definition) is 1. The number of allylic oxidation sites excluding steroid dienone is 2. The number of hydrogen-bond acceptors (Lipinski definition) is 5. The highest BCUT2D eigenvalue weighted by Crippen LogP contribution is 2.37. The zero-order valence-electron chi connectivity index (χ0n) is 13.1. The van der Waals surface area contributed by atoms with E-state index in [-0.39, 0.29) is 17.6 Å². The lowest BCUT2D eigenvalue weighted by molar-refractivity contribution is -0.135. The second-order valence-electron chi connectivity index (χ2n) is 6.78. The van der Waals surface area contributed by atoms with Crippen molar-refractivity contribution < 1.29 is 9.53 Å². The van der Waals surface area contributed by atoms with Gasteiger partial charge in [-0.1, -0.05) is 12.2 Å². The number of ether oxygens (including phenoxy) is 1. The van der Waals surface area contributed by atoms with Gasteiger partial charge in [0.05, 0.1) is 24.4 Å². The normalized spacial score (nSPS) is 30.4. The molecule has 0 unspecified atom stereocenters. The number of nitrogens with zero attached hydrogens (tertiary/aromatic N) is 3. The lowest BCUT2D eigenvalue weighted by Gasteiger charge is -2.25. The average molecular weight is 314 g/mol. The molecule has 0 aromatic carbocycles. The third kappa shape index (κ3) is 2.95. The Morgan fingerprint density at radius 1 is 1.35 bits per heavy atom. The fourth-order valence-corrected chi connectivity index (χ4v) is 3.91. The fourth-order valence-electron chi connectivity index (χ4n) is 3.91. The molecule has 4 rings (SSSR count). The molecule has 0 saturated carbocycles. The molecule has 0 radical (unpaired) electrons. The third-order valence-electron chi connectivity index (χ3n) is 5.11. The Bertz CT molecular complexity index is 598. The molecule has 2 fully saturated rings. The maximum absolute atomic E-state index is 12.6. The van der Waals surface area contributed by atoms with Crippen LogP contribution in [-0.4, -0.2) is 52.1 Å². The molecule has 2 aliphatic heterocycles. The molecule has 1 aromatic heterocycles. The number of rotatable bonds is 3. The average Bonchev–Trinajstić information content (AvgIpc) is 3.31. The van der Waals surface area contributed by atoms with Gasteiger partial charge in [-0.3, -0.25) is 9.78 Å². The van der Waals surface area contributed by atoms with E-state index in [1.807, 2.05) is 4.90 Å². The van der Waals surface area contributed by atoms with Crippen LogP contribution in [0, 0.1) is 5.92 Å². The summed E-state index contributed by atoms with van der Waals surface area (Å²) in [6.07, 6.45) is 12.9. The molecule has 3 aliphatic rings. The highest BCUT2D eigenvalue weighted by Gasteiger charge is 2.47. The van der Waals surface area contributed by atoms with Crippen LogP contribution in [0.25, 0.3) is 0 Å². The summed E-state index contributed by atoms with van der Waals surface area (Å²) in [5, 5.41) is 3.38. The van der Waals surface area contributed by atoms with E-state index in [1.54, 1.807) is 18.6 Å². The van der Waals surface area contributed by atoms with E-state index in [1.165, 1.54) is 0 Å². The van der Waals surface area contributed by atoms with Gasteiger partial charge in [-0.05, 0) is 19.3 Å². The molecule has 1 aliphatic carbocycles. The van der Waals surface area contributed by atoms with Crippen LogP contribution in [0.3, 0.4) is 0 Å². The van der Waals surface area contributed by atoms with Crippen LogP contribution in [0.1, 0.15) is 25.7 Å². The minimum atomic E-state index is -0.179. The van der Waals surface area contributed by atoms with Gasteiger partial charge in [-0.15, -0.1) is 0 Å². The largest absolute Gasteiger partial charge is 0.371 e. The van der Waals surface area contributed by atoms with E-state index in [2.05, 4.69) is 27.4 Å². The van der Waals surface area contributed by atoms with Crippen LogP contribution in [0.2, 0.25) is 0 Å². The first-order chi connectivity index (χ1) is 11.2. The standard InChI is InChI=1S/C17H22N4O2/c22-16(13-3-1-2-4-13)21-8-5-17(12-21)9-14(11-23-17)20-15-10-18-6-7-19-15/h1-2,6-7,10,13-14H,3-5,8-9,11-12H2,(H,19,20)/t14-,17-/m0/s1. The SMILES string of the molecule is O=C(C1CC=CC1)N1CC[C@]2(C[C@H](Nc3cnccn3)CO2)C1. The van der Waals surface area contributed by atoms with Crippen molar-refractivity contribution in [2.45, 2.75) is 37.3 Å². The number of aromatic nitrogens is 2. The van der Waals surface area contributed by atoms with Crippen molar-refractivity contribution >= 4 is 11.7 Å². The second-order valence-corrected chi connectivity index (χ2v) is 6.78. The third-order valence-corrected chi connectivity index (χ3v) is 5.11. The lowest BCUT2D eigenvalue weighted by Crippen LogP contribution is -2.38. The minimum absolute atomic E-state index is 0.153.